The maximum Gasteiger partial charge on any atom is 0.282 e. The van der Waals surface area contributed by atoms with E-state index in [1.54, 1.807) is 19.2 Å². The van der Waals surface area contributed by atoms with Crippen LogP contribution in [-0.4, -0.2) is 20.4 Å². The summed E-state index contributed by atoms with van der Waals surface area (Å²) in [5, 5.41) is 5.02. The Morgan fingerprint density at radius 1 is 1.07 bits per heavy atom. The van der Waals surface area contributed by atoms with Gasteiger partial charge in [0.25, 0.3) is 5.56 Å². The summed E-state index contributed by atoms with van der Waals surface area (Å²) < 4.78 is 4.40. The normalized spacial score (nSPS) is 11.6. The molecule has 0 spiro atoms. The van der Waals surface area contributed by atoms with Gasteiger partial charge in [-0.3, -0.25) is 4.79 Å². The predicted molar refractivity (Wildman–Crippen MR) is 126 cm³/mol. The lowest BCUT2D eigenvalue weighted by Gasteiger charge is -2.10. The lowest BCUT2D eigenvalue weighted by Crippen LogP contribution is -2.20. The van der Waals surface area contributed by atoms with E-state index in [2.05, 4.69) is 81.7 Å². The fraction of sp³-hybridized carbons (Fsp3) is 0.208. The fourth-order valence-corrected chi connectivity index (χ4v) is 4.07. The first-order valence-electron chi connectivity index (χ1n) is 9.90. The van der Waals surface area contributed by atoms with Gasteiger partial charge in [-0.25, -0.2) is 4.98 Å². The Labute approximate surface area is 183 Å². The van der Waals surface area contributed by atoms with Gasteiger partial charge in [0.15, 0.2) is 0 Å². The van der Waals surface area contributed by atoms with Gasteiger partial charge in [0.05, 0.1) is 17.1 Å². The molecule has 0 bridgehead atoms. The van der Waals surface area contributed by atoms with Gasteiger partial charge in [-0.2, -0.15) is 9.78 Å². The van der Waals surface area contributed by atoms with Crippen LogP contribution >= 0.6 is 15.9 Å². The largest absolute Gasteiger partial charge is 0.318 e. The second kappa shape index (κ2) is 8.03. The lowest BCUT2D eigenvalue weighted by molar-refractivity contribution is 0.770. The predicted octanol–water partition coefficient (Wildman–Crippen LogP) is 5.32. The number of halogens is 1. The number of nitrogens with zero attached hydrogens (tertiary/aromatic N) is 4. The molecular formula is C24H23BrN4O. The van der Waals surface area contributed by atoms with E-state index in [4.69, 9.17) is 0 Å². The Bertz CT molecular complexity index is 1330. The minimum atomic E-state index is -0.181. The number of benzene rings is 2. The summed E-state index contributed by atoms with van der Waals surface area (Å²) in [6, 6.07) is 16.2. The highest BCUT2D eigenvalue weighted by Gasteiger charge is 2.11. The molecule has 2 aromatic heterocycles. The van der Waals surface area contributed by atoms with Gasteiger partial charge in [-0.05, 0) is 69.2 Å². The van der Waals surface area contributed by atoms with Crippen molar-refractivity contribution < 1.29 is 0 Å². The highest BCUT2D eigenvalue weighted by atomic mass is 79.9. The number of rotatable bonds is 4. The second-order valence-corrected chi connectivity index (χ2v) is 8.28. The molecule has 4 aromatic rings. The minimum absolute atomic E-state index is 0.181. The van der Waals surface area contributed by atoms with Crippen molar-refractivity contribution in [2.24, 2.45) is 5.10 Å². The van der Waals surface area contributed by atoms with Gasteiger partial charge in [0.2, 0.25) is 0 Å². The van der Waals surface area contributed by atoms with E-state index < -0.39 is 0 Å². The summed E-state index contributed by atoms with van der Waals surface area (Å²) in [4.78, 5) is 17.5. The van der Waals surface area contributed by atoms with Crippen LogP contribution in [0.3, 0.4) is 0 Å². The van der Waals surface area contributed by atoms with Crippen LogP contribution in [0.1, 0.15) is 35.3 Å². The van der Waals surface area contributed by atoms with Crippen molar-refractivity contribution in [1.29, 1.82) is 0 Å². The van der Waals surface area contributed by atoms with Crippen molar-refractivity contribution in [1.82, 2.24) is 14.2 Å². The number of fused-ring (bicyclic) bond motifs is 1. The van der Waals surface area contributed by atoms with Crippen LogP contribution in [0.5, 0.6) is 0 Å². The van der Waals surface area contributed by atoms with E-state index in [0.29, 0.717) is 16.7 Å². The molecular weight excluding hydrogens is 440 g/mol. The van der Waals surface area contributed by atoms with E-state index in [0.717, 1.165) is 33.5 Å². The monoisotopic (exact) mass is 462 g/mol. The fourth-order valence-electron chi connectivity index (χ4n) is 3.71. The van der Waals surface area contributed by atoms with Crippen LogP contribution in [-0.2, 0) is 6.42 Å². The maximum atomic E-state index is 12.9. The zero-order valence-electron chi connectivity index (χ0n) is 17.5. The molecule has 0 fully saturated rings. The quantitative estimate of drug-likeness (QED) is 0.385. The number of hydrogen-bond acceptors (Lipinski definition) is 3. The molecule has 2 heterocycles. The number of hydrogen-bond donors (Lipinski definition) is 0. The second-order valence-electron chi connectivity index (χ2n) is 7.36. The van der Waals surface area contributed by atoms with Crippen molar-refractivity contribution in [3.8, 4) is 5.69 Å². The van der Waals surface area contributed by atoms with E-state index >= 15 is 0 Å². The minimum Gasteiger partial charge on any atom is -0.318 e. The molecule has 5 nitrogen and oxygen atoms in total. The number of aromatic nitrogens is 3. The molecule has 30 heavy (non-hydrogen) atoms. The first-order chi connectivity index (χ1) is 14.4. The van der Waals surface area contributed by atoms with E-state index in [1.165, 1.54) is 10.2 Å². The molecule has 0 aliphatic carbocycles. The van der Waals surface area contributed by atoms with Crippen molar-refractivity contribution in [2.75, 3.05) is 0 Å². The summed E-state index contributed by atoms with van der Waals surface area (Å²) in [5.74, 6) is 0.551. The molecule has 0 aliphatic heterocycles. The third-order valence-electron chi connectivity index (χ3n) is 5.36. The summed E-state index contributed by atoms with van der Waals surface area (Å²) in [6.45, 7) is 8.08. The maximum absolute atomic E-state index is 12.9. The average Bonchev–Trinajstić information content (AvgIpc) is 3.02. The molecule has 4 rings (SSSR count). The van der Waals surface area contributed by atoms with Crippen molar-refractivity contribution in [3.05, 3.63) is 91.7 Å². The van der Waals surface area contributed by atoms with Crippen LogP contribution in [0.25, 0.3) is 16.6 Å². The Balaban J connectivity index is 1.76. The summed E-state index contributed by atoms with van der Waals surface area (Å²) in [7, 11) is 0. The molecule has 152 valence electrons. The van der Waals surface area contributed by atoms with Crippen LogP contribution in [0, 0.1) is 20.8 Å². The third kappa shape index (κ3) is 3.63. The van der Waals surface area contributed by atoms with Crippen molar-refractivity contribution in [3.63, 3.8) is 0 Å². The molecule has 0 aliphatic rings. The lowest BCUT2D eigenvalue weighted by atomic mass is 10.1. The summed E-state index contributed by atoms with van der Waals surface area (Å²) in [5.41, 5.74) is 6.07. The summed E-state index contributed by atoms with van der Waals surface area (Å²) >= 11 is 3.42. The smallest absolute Gasteiger partial charge is 0.282 e. The van der Waals surface area contributed by atoms with E-state index in [1.807, 2.05) is 12.1 Å². The van der Waals surface area contributed by atoms with Crippen LogP contribution in [0.15, 0.2) is 62.9 Å². The van der Waals surface area contributed by atoms with Crippen LogP contribution in [0.4, 0.5) is 0 Å². The van der Waals surface area contributed by atoms with Crippen LogP contribution in [0.2, 0.25) is 0 Å². The molecule has 0 unspecified atom stereocenters. The van der Waals surface area contributed by atoms with Gasteiger partial charge >= 0.3 is 0 Å². The first kappa shape index (κ1) is 20.3. The van der Waals surface area contributed by atoms with Gasteiger partial charge in [-0.1, -0.05) is 35.0 Å². The molecule has 6 heteroatoms. The molecule has 0 N–H and O–H groups in total. The Morgan fingerprint density at radius 2 is 1.80 bits per heavy atom. The SMILES string of the molecule is CCc1ccc(-n2c(C)cc(C=Nn3c(C)nc4ccc(Br)cc4c3=O)c2C)cc1. The third-order valence-corrected chi connectivity index (χ3v) is 5.85. The van der Waals surface area contributed by atoms with Crippen LogP contribution < -0.4 is 5.56 Å². The van der Waals surface area contributed by atoms with Gasteiger partial charge < -0.3 is 4.57 Å². The Kier molecular flexibility index (Phi) is 5.43. The summed E-state index contributed by atoms with van der Waals surface area (Å²) in [6.07, 6.45) is 2.76. The van der Waals surface area contributed by atoms with Crippen molar-refractivity contribution >= 4 is 33.0 Å². The zero-order chi connectivity index (χ0) is 21.4. The molecule has 2 aromatic carbocycles. The highest BCUT2D eigenvalue weighted by Crippen LogP contribution is 2.21. The van der Waals surface area contributed by atoms with Gasteiger partial charge in [0, 0.05) is 27.1 Å². The molecule has 0 radical (unpaired) electrons. The zero-order valence-corrected chi connectivity index (χ0v) is 19.1. The molecule has 0 amide bonds. The highest BCUT2D eigenvalue weighted by molar-refractivity contribution is 9.10. The molecule has 0 atom stereocenters. The van der Waals surface area contributed by atoms with E-state index in [9.17, 15) is 4.79 Å². The van der Waals surface area contributed by atoms with Gasteiger partial charge in [0.1, 0.15) is 5.82 Å². The van der Waals surface area contributed by atoms with Gasteiger partial charge in [-0.15, -0.1) is 0 Å². The topological polar surface area (TPSA) is 52.2 Å². The molecule has 0 saturated carbocycles. The number of aryl methyl sites for hydroxylation is 3. The Hall–Kier alpha value is -2.99. The van der Waals surface area contributed by atoms with E-state index in [-0.39, 0.29) is 5.56 Å². The first-order valence-corrected chi connectivity index (χ1v) is 10.7. The van der Waals surface area contributed by atoms with Crippen molar-refractivity contribution in [2.45, 2.75) is 34.1 Å². The standard InChI is InChI=1S/C24H23BrN4O/c1-5-18-6-9-21(10-7-18)28-15(2)12-19(16(28)3)14-26-29-17(4)27-23-11-8-20(25)13-22(23)24(29)30/h6-14H,5H2,1-4H3. The molecule has 0 saturated heterocycles. The average molecular weight is 463 g/mol. The Morgan fingerprint density at radius 3 is 2.50 bits per heavy atom.